The zero-order chi connectivity index (χ0) is 18.0. The summed E-state index contributed by atoms with van der Waals surface area (Å²) >= 11 is 0. The Bertz CT molecular complexity index is 897. The summed E-state index contributed by atoms with van der Waals surface area (Å²) in [6, 6.07) is 8.32. The van der Waals surface area contributed by atoms with Gasteiger partial charge in [0, 0.05) is 31.3 Å². The molecule has 1 atom stereocenters. The maximum atomic E-state index is 13.0. The van der Waals surface area contributed by atoms with Gasteiger partial charge < -0.3 is 5.32 Å². The standard InChI is InChI=1S/C17H22N4O3S/c1-12-5-6-13(15-7-8-17(22)20-19-15)10-16(12)25(23,24)21(2)11-14-4-3-9-18-14/h5-8,10,14,18H,3-4,9,11H2,1-2H3,(H,20,22)/t14-/m0/s1. The van der Waals surface area contributed by atoms with Gasteiger partial charge in [0.1, 0.15) is 0 Å². The minimum Gasteiger partial charge on any atom is -0.313 e. The molecule has 0 aliphatic carbocycles. The second kappa shape index (κ2) is 7.07. The maximum absolute atomic E-state index is 13.0. The van der Waals surface area contributed by atoms with Crippen molar-refractivity contribution in [1.29, 1.82) is 0 Å². The van der Waals surface area contributed by atoms with E-state index in [1.165, 1.54) is 10.4 Å². The SMILES string of the molecule is Cc1ccc(-c2ccc(=O)[nH]n2)cc1S(=O)(=O)N(C)C[C@@H]1CCCN1. The van der Waals surface area contributed by atoms with E-state index < -0.39 is 10.0 Å². The molecule has 1 aliphatic heterocycles. The van der Waals surface area contributed by atoms with E-state index >= 15 is 0 Å². The van der Waals surface area contributed by atoms with Crippen molar-refractivity contribution in [2.24, 2.45) is 0 Å². The van der Waals surface area contributed by atoms with Crippen molar-refractivity contribution in [3.05, 3.63) is 46.2 Å². The van der Waals surface area contributed by atoms with Crippen LogP contribution < -0.4 is 10.9 Å². The van der Waals surface area contributed by atoms with Crippen molar-refractivity contribution in [1.82, 2.24) is 19.8 Å². The van der Waals surface area contributed by atoms with Crippen LogP contribution in [-0.2, 0) is 10.0 Å². The van der Waals surface area contributed by atoms with Crippen LogP contribution in [0.25, 0.3) is 11.3 Å². The van der Waals surface area contributed by atoms with Crippen LogP contribution in [0.4, 0.5) is 0 Å². The van der Waals surface area contributed by atoms with Crippen molar-refractivity contribution in [2.45, 2.75) is 30.7 Å². The molecule has 1 aliphatic rings. The van der Waals surface area contributed by atoms with Crippen LogP contribution in [-0.4, -0.2) is 49.1 Å². The van der Waals surface area contributed by atoms with Gasteiger partial charge in [-0.3, -0.25) is 4.79 Å². The molecular weight excluding hydrogens is 340 g/mol. The Morgan fingerprint density at radius 3 is 2.72 bits per heavy atom. The Labute approximate surface area is 147 Å². The smallest absolute Gasteiger partial charge is 0.264 e. The van der Waals surface area contributed by atoms with Gasteiger partial charge in [0.05, 0.1) is 10.6 Å². The molecule has 0 spiro atoms. The molecule has 7 nitrogen and oxygen atoms in total. The number of aromatic amines is 1. The lowest BCUT2D eigenvalue weighted by Crippen LogP contribution is -2.38. The van der Waals surface area contributed by atoms with Crippen LogP contribution in [0.5, 0.6) is 0 Å². The number of aromatic nitrogens is 2. The summed E-state index contributed by atoms with van der Waals surface area (Å²) in [7, 11) is -1.99. The predicted molar refractivity (Wildman–Crippen MR) is 95.9 cm³/mol. The fraction of sp³-hybridized carbons (Fsp3) is 0.412. The average molecular weight is 362 g/mol. The van der Waals surface area contributed by atoms with Gasteiger partial charge in [-0.2, -0.15) is 9.40 Å². The number of aryl methyl sites for hydroxylation is 1. The second-order valence-corrected chi connectivity index (χ2v) is 8.38. The molecule has 2 aromatic rings. The molecule has 2 heterocycles. The molecule has 1 saturated heterocycles. The summed E-state index contributed by atoms with van der Waals surface area (Å²) in [5.74, 6) is 0. The van der Waals surface area contributed by atoms with E-state index in [-0.39, 0.29) is 16.5 Å². The van der Waals surface area contributed by atoms with Crippen molar-refractivity contribution in [3.63, 3.8) is 0 Å². The topological polar surface area (TPSA) is 95.2 Å². The predicted octanol–water partition coefficient (Wildman–Crippen LogP) is 1.12. The number of nitrogens with zero attached hydrogens (tertiary/aromatic N) is 2. The number of sulfonamides is 1. The number of rotatable bonds is 5. The van der Waals surface area contributed by atoms with Crippen molar-refractivity contribution in [2.75, 3.05) is 20.1 Å². The molecule has 0 radical (unpaired) electrons. The lowest BCUT2D eigenvalue weighted by Gasteiger charge is -2.22. The van der Waals surface area contributed by atoms with E-state index in [4.69, 9.17) is 0 Å². The molecule has 3 rings (SSSR count). The lowest BCUT2D eigenvalue weighted by atomic mass is 10.1. The average Bonchev–Trinajstić information content (AvgIpc) is 3.09. The molecule has 2 N–H and O–H groups in total. The van der Waals surface area contributed by atoms with Gasteiger partial charge in [-0.05, 0) is 44.0 Å². The number of benzene rings is 1. The zero-order valence-electron chi connectivity index (χ0n) is 14.3. The van der Waals surface area contributed by atoms with Crippen LogP contribution in [0.3, 0.4) is 0 Å². The summed E-state index contributed by atoms with van der Waals surface area (Å²) in [6.07, 6.45) is 2.06. The monoisotopic (exact) mass is 362 g/mol. The van der Waals surface area contributed by atoms with Crippen LogP contribution in [0.15, 0.2) is 40.0 Å². The van der Waals surface area contributed by atoms with Gasteiger partial charge in [0.25, 0.3) is 5.56 Å². The van der Waals surface area contributed by atoms with Crippen molar-refractivity contribution < 1.29 is 8.42 Å². The number of hydrogen-bond donors (Lipinski definition) is 2. The largest absolute Gasteiger partial charge is 0.313 e. The third-order valence-electron chi connectivity index (χ3n) is 4.49. The highest BCUT2D eigenvalue weighted by Crippen LogP contribution is 2.25. The fourth-order valence-corrected chi connectivity index (χ4v) is 4.49. The molecule has 25 heavy (non-hydrogen) atoms. The molecule has 0 saturated carbocycles. The van der Waals surface area contributed by atoms with E-state index in [1.54, 1.807) is 38.2 Å². The minimum absolute atomic E-state index is 0.198. The van der Waals surface area contributed by atoms with Gasteiger partial charge in [-0.25, -0.2) is 13.5 Å². The second-order valence-electron chi connectivity index (χ2n) is 6.37. The van der Waals surface area contributed by atoms with E-state index in [0.29, 0.717) is 23.4 Å². The molecule has 0 bridgehead atoms. The highest BCUT2D eigenvalue weighted by Gasteiger charge is 2.27. The van der Waals surface area contributed by atoms with Crippen molar-refractivity contribution >= 4 is 10.0 Å². The Balaban J connectivity index is 1.93. The van der Waals surface area contributed by atoms with Crippen LogP contribution in [0.2, 0.25) is 0 Å². The van der Waals surface area contributed by atoms with E-state index in [1.807, 2.05) is 0 Å². The molecule has 1 aromatic carbocycles. The Kier molecular flexibility index (Phi) is 5.03. The number of H-pyrrole nitrogens is 1. The normalized spacial score (nSPS) is 18.0. The first-order chi connectivity index (χ1) is 11.9. The van der Waals surface area contributed by atoms with Gasteiger partial charge in [-0.1, -0.05) is 12.1 Å². The highest BCUT2D eigenvalue weighted by atomic mass is 32.2. The first kappa shape index (κ1) is 17.8. The van der Waals surface area contributed by atoms with Crippen molar-refractivity contribution in [3.8, 4) is 11.3 Å². The quantitative estimate of drug-likeness (QED) is 0.831. The molecule has 1 aromatic heterocycles. The van der Waals surface area contributed by atoms with E-state index in [9.17, 15) is 13.2 Å². The van der Waals surface area contributed by atoms with Gasteiger partial charge in [-0.15, -0.1) is 0 Å². The van der Waals surface area contributed by atoms with Crippen LogP contribution >= 0.6 is 0 Å². The lowest BCUT2D eigenvalue weighted by molar-refractivity contribution is 0.417. The molecule has 0 unspecified atom stereocenters. The molecule has 8 heteroatoms. The Morgan fingerprint density at radius 1 is 1.28 bits per heavy atom. The molecule has 1 fully saturated rings. The van der Waals surface area contributed by atoms with Gasteiger partial charge >= 0.3 is 0 Å². The summed E-state index contributed by atoms with van der Waals surface area (Å²) in [5.41, 5.74) is 1.55. The zero-order valence-corrected chi connectivity index (χ0v) is 15.1. The number of likely N-dealkylation sites (N-methyl/N-ethyl adjacent to an activating group) is 1. The first-order valence-electron chi connectivity index (χ1n) is 8.24. The summed E-state index contributed by atoms with van der Waals surface area (Å²) in [6.45, 7) is 3.16. The van der Waals surface area contributed by atoms with E-state index in [0.717, 1.165) is 19.4 Å². The maximum Gasteiger partial charge on any atom is 0.264 e. The van der Waals surface area contributed by atoms with Gasteiger partial charge in [0.2, 0.25) is 10.0 Å². The minimum atomic E-state index is -3.60. The molecule has 134 valence electrons. The number of hydrogen-bond acceptors (Lipinski definition) is 5. The molecular formula is C17H22N4O3S. The first-order valence-corrected chi connectivity index (χ1v) is 9.68. The third-order valence-corrected chi connectivity index (χ3v) is 6.46. The molecule has 0 amide bonds. The van der Waals surface area contributed by atoms with E-state index in [2.05, 4.69) is 15.5 Å². The summed E-state index contributed by atoms with van der Waals surface area (Å²) in [4.78, 5) is 11.4. The van der Waals surface area contributed by atoms with Crippen LogP contribution in [0.1, 0.15) is 18.4 Å². The summed E-state index contributed by atoms with van der Waals surface area (Å²) in [5, 5.41) is 9.66. The number of nitrogens with one attached hydrogen (secondary N) is 2. The fourth-order valence-electron chi connectivity index (χ4n) is 3.03. The summed E-state index contributed by atoms with van der Waals surface area (Å²) < 4.78 is 27.4. The highest BCUT2D eigenvalue weighted by molar-refractivity contribution is 7.89. The Hall–Kier alpha value is -2.03. The van der Waals surface area contributed by atoms with Crippen LogP contribution in [0, 0.1) is 6.92 Å². The van der Waals surface area contributed by atoms with Gasteiger partial charge in [0.15, 0.2) is 0 Å². The third kappa shape index (κ3) is 3.81. The Morgan fingerprint density at radius 2 is 2.08 bits per heavy atom.